The summed E-state index contributed by atoms with van der Waals surface area (Å²) in [6.07, 6.45) is -5.59. The normalized spacial score (nSPS) is 16.2. The van der Waals surface area contributed by atoms with Crippen LogP contribution in [0.15, 0.2) is 0 Å². The Kier molecular flexibility index (Phi) is 20.6. The molecule has 0 aromatic rings. The largest absolute Gasteiger partial charge is 0.480 e. The van der Waals surface area contributed by atoms with Gasteiger partial charge in [-0.25, -0.2) is 4.79 Å². The molecule has 0 aliphatic rings. The Bertz CT molecular complexity index is 1290. The van der Waals surface area contributed by atoms with Crippen molar-refractivity contribution in [2.24, 2.45) is 11.7 Å². The van der Waals surface area contributed by atoms with Crippen LogP contribution in [0.3, 0.4) is 0 Å². The second-order valence-electron chi connectivity index (χ2n) is 12.1. The van der Waals surface area contributed by atoms with E-state index in [4.69, 9.17) is 10.8 Å². The molecule has 52 heavy (non-hydrogen) atoms. The minimum Gasteiger partial charge on any atom is -0.480 e. The van der Waals surface area contributed by atoms with Gasteiger partial charge in [-0.15, -0.1) is 0 Å². The standard InChI is InChI=1S/C29H51N9O14/c1-11(2)21(35-16(43)8-33-27(49)22(13(4)40)36-17(44)7-31-25(47)20(30)12(3)39)26(48)32-9-18(45)37-23(14(5)41)28(50)34-10-19(46)38-24(15(6)42)29(51)52/h11-15,20-24,39-42H,7-10,30H2,1-6H3,(H,31,47)(H,32,48)(H,33,49)(H,34,50)(H,35,43)(H,36,44)(H,37,45)(H,38,46)(H,51,52)/t12-,13-,14-,15-,20+,21+,22+,23+,24+/m1/s1. The van der Waals surface area contributed by atoms with E-state index in [-0.39, 0.29) is 0 Å². The zero-order valence-electron chi connectivity index (χ0n) is 29.6. The summed E-state index contributed by atoms with van der Waals surface area (Å²) in [6.45, 7) is 4.96. The van der Waals surface area contributed by atoms with Crippen molar-refractivity contribution in [3.63, 3.8) is 0 Å². The molecule has 0 fully saturated rings. The van der Waals surface area contributed by atoms with Gasteiger partial charge in [0.25, 0.3) is 0 Å². The summed E-state index contributed by atoms with van der Waals surface area (Å²) in [5.74, 6) is -9.52. The van der Waals surface area contributed by atoms with Crippen LogP contribution in [0.2, 0.25) is 0 Å². The molecule has 0 radical (unpaired) electrons. The quantitative estimate of drug-likeness (QED) is 0.0489. The molecule has 0 saturated heterocycles. The van der Waals surface area contributed by atoms with Gasteiger partial charge >= 0.3 is 5.97 Å². The molecule has 23 nitrogen and oxygen atoms in total. The van der Waals surface area contributed by atoms with Crippen LogP contribution in [0.5, 0.6) is 0 Å². The number of carboxylic acid groups (broad SMARTS) is 1. The number of nitrogens with one attached hydrogen (secondary N) is 8. The first-order valence-corrected chi connectivity index (χ1v) is 16.0. The lowest BCUT2D eigenvalue weighted by Crippen LogP contribution is -2.58. The van der Waals surface area contributed by atoms with Crippen molar-refractivity contribution in [3.05, 3.63) is 0 Å². The van der Waals surface area contributed by atoms with Crippen LogP contribution in [0.1, 0.15) is 41.5 Å². The van der Waals surface area contributed by atoms with Gasteiger partial charge in [-0.05, 0) is 33.6 Å². The minimum atomic E-state index is -1.66. The number of carbonyl (C=O) groups excluding carboxylic acids is 8. The van der Waals surface area contributed by atoms with Gasteiger partial charge in [0.15, 0.2) is 6.04 Å². The zero-order valence-corrected chi connectivity index (χ0v) is 29.6. The highest BCUT2D eigenvalue weighted by Crippen LogP contribution is 2.02. The zero-order chi connectivity index (χ0) is 40.5. The Hall–Kier alpha value is -4.97. The van der Waals surface area contributed by atoms with Crippen LogP contribution in [0.25, 0.3) is 0 Å². The summed E-state index contributed by atoms with van der Waals surface area (Å²) in [5, 5.41) is 65.2. The third kappa shape index (κ3) is 17.3. The van der Waals surface area contributed by atoms with Crippen LogP contribution in [0.4, 0.5) is 0 Å². The van der Waals surface area contributed by atoms with Crippen LogP contribution in [0, 0.1) is 5.92 Å². The molecule has 15 N–H and O–H groups in total. The minimum absolute atomic E-state index is 0.555. The number of aliphatic hydroxyl groups is 4. The molecular weight excluding hydrogens is 698 g/mol. The number of aliphatic hydroxyl groups excluding tert-OH is 4. The van der Waals surface area contributed by atoms with E-state index in [0.29, 0.717) is 0 Å². The topological polar surface area (TPSA) is 377 Å². The maximum absolute atomic E-state index is 12.8. The van der Waals surface area contributed by atoms with E-state index < -0.39 is 140 Å². The molecule has 8 amide bonds. The van der Waals surface area contributed by atoms with E-state index in [1.807, 2.05) is 5.32 Å². The molecule has 0 spiro atoms. The number of hydrogen-bond donors (Lipinski definition) is 14. The molecule has 296 valence electrons. The molecule has 9 atom stereocenters. The molecule has 0 aliphatic heterocycles. The predicted molar refractivity (Wildman–Crippen MR) is 177 cm³/mol. The Morgan fingerprint density at radius 2 is 0.712 bits per heavy atom. The summed E-state index contributed by atoms with van der Waals surface area (Å²) in [5.41, 5.74) is 5.46. The number of carboxylic acids is 1. The molecule has 0 rings (SSSR count). The van der Waals surface area contributed by atoms with Crippen molar-refractivity contribution in [3.8, 4) is 0 Å². The molecule has 0 bridgehead atoms. The monoisotopic (exact) mass is 749 g/mol. The van der Waals surface area contributed by atoms with Gasteiger partial charge in [0, 0.05) is 0 Å². The summed E-state index contributed by atoms with van der Waals surface area (Å²) < 4.78 is 0. The summed E-state index contributed by atoms with van der Waals surface area (Å²) in [4.78, 5) is 110. The second kappa shape index (κ2) is 22.8. The van der Waals surface area contributed by atoms with Crippen LogP contribution in [-0.2, 0) is 43.2 Å². The maximum Gasteiger partial charge on any atom is 0.328 e. The van der Waals surface area contributed by atoms with E-state index >= 15 is 0 Å². The number of carbonyl (C=O) groups is 9. The fraction of sp³-hybridized carbons (Fsp3) is 0.690. The number of nitrogens with two attached hydrogens (primary N) is 1. The van der Waals surface area contributed by atoms with Crippen LogP contribution in [-0.4, -0.2) is 160 Å². The Morgan fingerprint density at radius 3 is 0.981 bits per heavy atom. The van der Waals surface area contributed by atoms with Gasteiger partial charge in [-0.1, -0.05) is 13.8 Å². The molecule has 0 saturated carbocycles. The number of aliphatic carboxylic acids is 1. The van der Waals surface area contributed by atoms with E-state index in [2.05, 4.69) is 37.2 Å². The Morgan fingerprint density at radius 1 is 0.442 bits per heavy atom. The van der Waals surface area contributed by atoms with Gasteiger partial charge < -0.3 is 73.8 Å². The third-order valence-electron chi connectivity index (χ3n) is 7.01. The Balaban J connectivity index is 5.09. The van der Waals surface area contributed by atoms with Crippen molar-refractivity contribution in [1.29, 1.82) is 0 Å². The number of rotatable bonds is 22. The van der Waals surface area contributed by atoms with Crippen molar-refractivity contribution >= 4 is 53.2 Å². The highest BCUT2D eigenvalue weighted by molar-refractivity contribution is 5.96. The molecule has 0 aromatic carbocycles. The third-order valence-corrected chi connectivity index (χ3v) is 7.01. The number of amides is 8. The van der Waals surface area contributed by atoms with Gasteiger partial charge in [0.05, 0.1) is 50.6 Å². The molecule has 0 aliphatic carbocycles. The Labute approximate surface area is 298 Å². The highest BCUT2D eigenvalue weighted by atomic mass is 16.4. The number of hydrogen-bond acceptors (Lipinski definition) is 14. The van der Waals surface area contributed by atoms with Crippen molar-refractivity contribution in [2.75, 3.05) is 26.2 Å². The fourth-order valence-electron chi connectivity index (χ4n) is 3.97. The maximum atomic E-state index is 12.8. The molecular formula is C29H51N9O14. The molecule has 0 unspecified atom stereocenters. The van der Waals surface area contributed by atoms with Crippen LogP contribution < -0.4 is 48.3 Å². The van der Waals surface area contributed by atoms with E-state index in [0.717, 1.165) is 13.8 Å². The van der Waals surface area contributed by atoms with Crippen LogP contribution >= 0.6 is 0 Å². The molecule has 0 heterocycles. The van der Waals surface area contributed by atoms with Crippen molar-refractivity contribution in [1.82, 2.24) is 42.5 Å². The smallest absolute Gasteiger partial charge is 0.328 e. The van der Waals surface area contributed by atoms with Crippen molar-refractivity contribution < 1.29 is 68.7 Å². The first kappa shape index (κ1) is 47.0. The summed E-state index contributed by atoms with van der Waals surface area (Å²) in [7, 11) is 0. The van der Waals surface area contributed by atoms with Gasteiger partial charge in [-0.3, -0.25) is 38.4 Å². The molecule has 0 aromatic heterocycles. The average Bonchev–Trinajstić information content (AvgIpc) is 3.05. The van der Waals surface area contributed by atoms with E-state index in [9.17, 15) is 63.6 Å². The van der Waals surface area contributed by atoms with E-state index in [1.54, 1.807) is 13.8 Å². The van der Waals surface area contributed by atoms with Gasteiger partial charge in [0.2, 0.25) is 47.3 Å². The van der Waals surface area contributed by atoms with Gasteiger partial charge in [0.1, 0.15) is 24.2 Å². The van der Waals surface area contributed by atoms with Crippen molar-refractivity contribution in [2.45, 2.75) is 96.2 Å². The first-order valence-electron chi connectivity index (χ1n) is 16.0. The summed E-state index contributed by atoms with van der Waals surface area (Å²) >= 11 is 0. The average molecular weight is 750 g/mol. The summed E-state index contributed by atoms with van der Waals surface area (Å²) in [6, 6.07) is -7.39. The lowest BCUT2D eigenvalue weighted by Gasteiger charge is -2.24. The molecule has 23 heteroatoms. The SMILES string of the molecule is CC(C)[C@H](NC(=O)CNC(=O)[C@@H](NC(=O)CNC(=O)[C@@H](N)[C@@H](C)O)[C@@H](C)O)C(=O)NCC(=O)N[C@H](C(=O)NCC(=O)N[C@H](C(=O)O)[C@@H](C)O)[C@@H](C)O. The van der Waals surface area contributed by atoms with Gasteiger partial charge in [-0.2, -0.15) is 0 Å². The first-order chi connectivity index (χ1) is 24.0. The lowest BCUT2D eigenvalue weighted by atomic mass is 10.0. The highest BCUT2D eigenvalue weighted by Gasteiger charge is 2.31. The predicted octanol–water partition coefficient (Wildman–Crippen LogP) is -8.02. The second-order valence-corrected chi connectivity index (χ2v) is 12.1. The fourth-order valence-corrected chi connectivity index (χ4v) is 3.97. The van der Waals surface area contributed by atoms with E-state index in [1.165, 1.54) is 13.8 Å². The lowest BCUT2D eigenvalue weighted by molar-refractivity contribution is -0.144.